The maximum atomic E-state index is 12.6. The van der Waals surface area contributed by atoms with Gasteiger partial charge in [0.2, 0.25) is 15.9 Å². The summed E-state index contributed by atoms with van der Waals surface area (Å²) in [5, 5.41) is 2.37. The van der Waals surface area contributed by atoms with Crippen LogP contribution in [-0.2, 0) is 20.2 Å². The van der Waals surface area contributed by atoms with Crippen LogP contribution in [0.15, 0.2) is 43.0 Å². The van der Waals surface area contributed by atoms with Gasteiger partial charge in [-0.05, 0) is 34.7 Å². The Morgan fingerprint density at radius 3 is 2.47 bits per heavy atom. The molecule has 0 saturated carbocycles. The van der Waals surface area contributed by atoms with Crippen molar-refractivity contribution in [3.63, 3.8) is 0 Å². The van der Waals surface area contributed by atoms with E-state index in [0.717, 1.165) is 22.9 Å². The fraction of sp³-hybridized carbons (Fsp3) is 0.333. The summed E-state index contributed by atoms with van der Waals surface area (Å²) in [5.41, 5.74) is 6.41. The van der Waals surface area contributed by atoms with E-state index < -0.39 is 16.1 Å². The van der Waals surface area contributed by atoms with Crippen molar-refractivity contribution in [1.82, 2.24) is 15.6 Å². The molecule has 1 heterocycles. The van der Waals surface area contributed by atoms with E-state index in [0.29, 0.717) is 22.7 Å². The molecule has 34 heavy (non-hydrogen) atoms. The molecule has 3 amide bonds. The first-order valence-corrected chi connectivity index (χ1v) is 12.6. The molecule has 0 aromatic heterocycles. The number of methoxy groups -OCH3 is 1. The van der Waals surface area contributed by atoms with Gasteiger partial charge in [0.25, 0.3) is 0 Å². The molecule has 0 radical (unpaired) electrons. The zero-order valence-corrected chi connectivity index (χ0v) is 20.8. The van der Waals surface area contributed by atoms with Crippen molar-refractivity contribution in [3.05, 3.63) is 54.1 Å². The number of rotatable bonds is 7. The second-order valence-corrected chi connectivity index (χ2v) is 10.9. The summed E-state index contributed by atoms with van der Waals surface area (Å²) in [6, 6.07) is 10.7. The van der Waals surface area contributed by atoms with Gasteiger partial charge in [-0.2, -0.15) is 0 Å². The third kappa shape index (κ3) is 5.75. The number of hydrazine groups is 1. The molecule has 1 aliphatic rings. The molecule has 0 aliphatic carbocycles. The Kier molecular flexibility index (Phi) is 7.04. The molecular formula is C24H30N4O5S. The predicted molar refractivity (Wildman–Crippen MR) is 133 cm³/mol. The van der Waals surface area contributed by atoms with E-state index in [1.165, 1.54) is 0 Å². The van der Waals surface area contributed by atoms with E-state index in [-0.39, 0.29) is 24.3 Å². The minimum atomic E-state index is -3.46. The van der Waals surface area contributed by atoms with Gasteiger partial charge >= 0.3 is 6.03 Å². The Balaban J connectivity index is 2.12. The number of carbonyl (C=O) groups is 2. The van der Waals surface area contributed by atoms with Crippen LogP contribution in [0.1, 0.15) is 38.3 Å². The molecule has 3 N–H and O–H groups in total. The third-order valence-electron chi connectivity index (χ3n) is 5.36. The summed E-state index contributed by atoms with van der Waals surface area (Å²) < 4.78 is 28.7. The lowest BCUT2D eigenvalue weighted by Gasteiger charge is -2.31. The van der Waals surface area contributed by atoms with Crippen molar-refractivity contribution in [2.75, 3.05) is 24.8 Å². The molecule has 0 unspecified atom stereocenters. The second-order valence-electron chi connectivity index (χ2n) is 9.14. The number of urea groups is 1. The van der Waals surface area contributed by atoms with Crippen LogP contribution >= 0.6 is 0 Å². The number of hydrogen-bond donors (Lipinski definition) is 3. The van der Waals surface area contributed by atoms with Crippen molar-refractivity contribution in [3.8, 4) is 16.9 Å². The number of ether oxygens (including phenoxy) is 1. The molecule has 1 aliphatic heterocycles. The lowest BCUT2D eigenvalue weighted by molar-refractivity contribution is -0.120. The van der Waals surface area contributed by atoms with Gasteiger partial charge in [0, 0.05) is 35.5 Å². The summed E-state index contributed by atoms with van der Waals surface area (Å²) in [4.78, 5) is 28.0. The number of anilines is 1. The van der Waals surface area contributed by atoms with Gasteiger partial charge in [-0.1, -0.05) is 45.5 Å². The Labute approximate surface area is 200 Å². The molecule has 10 heteroatoms. The molecule has 2 aromatic rings. The van der Waals surface area contributed by atoms with Crippen LogP contribution in [0.4, 0.5) is 10.5 Å². The molecule has 0 spiro atoms. The first kappa shape index (κ1) is 25.3. The Morgan fingerprint density at radius 2 is 1.88 bits per heavy atom. The van der Waals surface area contributed by atoms with Crippen LogP contribution in [0.3, 0.4) is 0 Å². The van der Waals surface area contributed by atoms with E-state index in [4.69, 9.17) is 4.74 Å². The first-order valence-electron chi connectivity index (χ1n) is 10.7. The van der Waals surface area contributed by atoms with Gasteiger partial charge in [0.1, 0.15) is 5.75 Å². The number of benzene rings is 2. The van der Waals surface area contributed by atoms with E-state index >= 15 is 0 Å². The second kappa shape index (κ2) is 9.47. The number of sulfonamides is 1. The number of nitrogens with one attached hydrogen (secondary N) is 3. The molecule has 9 nitrogen and oxygen atoms in total. The molecule has 2 aromatic carbocycles. The van der Waals surface area contributed by atoms with Crippen LogP contribution < -0.4 is 25.2 Å². The van der Waals surface area contributed by atoms with Gasteiger partial charge in [-0.25, -0.2) is 13.2 Å². The normalized spacial score (nSPS) is 14.6. The fourth-order valence-corrected chi connectivity index (χ4v) is 3.98. The predicted octanol–water partition coefficient (Wildman–Crippen LogP) is 3.13. The lowest BCUT2D eigenvalue weighted by atomic mass is 9.83. The van der Waals surface area contributed by atoms with E-state index in [1.54, 1.807) is 18.1 Å². The molecular weight excluding hydrogens is 456 g/mol. The average Bonchev–Trinajstić information content (AvgIpc) is 2.75. The largest absolute Gasteiger partial charge is 0.496 e. The van der Waals surface area contributed by atoms with Gasteiger partial charge in [-0.15, -0.1) is 4.83 Å². The summed E-state index contributed by atoms with van der Waals surface area (Å²) >= 11 is 0. The first-order chi connectivity index (χ1) is 15.8. The van der Waals surface area contributed by atoms with Gasteiger partial charge in [0.15, 0.2) is 0 Å². The summed E-state index contributed by atoms with van der Waals surface area (Å²) in [5.74, 6) is 0.363. The van der Waals surface area contributed by atoms with Gasteiger partial charge in [-0.3, -0.25) is 15.0 Å². The van der Waals surface area contributed by atoms with Crippen LogP contribution in [0, 0.1) is 0 Å². The summed E-state index contributed by atoms with van der Waals surface area (Å²) in [7, 11) is -1.86. The van der Waals surface area contributed by atoms with Crippen molar-refractivity contribution in [2.45, 2.75) is 32.6 Å². The van der Waals surface area contributed by atoms with E-state index in [2.05, 4.69) is 42.9 Å². The smallest absolute Gasteiger partial charge is 0.328 e. The highest BCUT2D eigenvalue weighted by molar-refractivity contribution is 7.88. The van der Waals surface area contributed by atoms with Crippen LogP contribution in [0.2, 0.25) is 0 Å². The monoisotopic (exact) mass is 486 g/mol. The number of hydrogen-bond acceptors (Lipinski definition) is 6. The van der Waals surface area contributed by atoms with E-state index in [9.17, 15) is 18.0 Å². The van der Waals surface area contributed by atoms with Crippen LogP contribution in [-0.4, -0.2) is 40.3 Å². The SMILES string of the molecule is C=C(NNS(C)(=O)=O)c1cccc(-c2cc(N3CCC(=O)NC3=O)cc(C(C)(C)C)c2OC)c1. The lowest BCUT2D eigenvalue weighted by Crippen LogP contribution is -2.49. The van der Waals surface area contributed by atoms with E-state index in [1.807, 2.05) is 30.3 Å². The average molecular weight is 487 g/mol. The van der Waals surface area contributed by atoms with Crippen molar-refractivity contribution in [2.24, 2.45) is 0 Å². The molecule has 182 valence electrons. The number of imide groups is 1. The molecule has 0 atom stereocenters. The third-order valence-corrected chi connectivity index (χ3v) is 5.83. The van der Waals surface area contributed by atoms with Crippen LogP contribution in [0.5, 0.6) is 5.75 Å². The number of nitrogens with zero attached hydrogens (tertiary/aromatic N) is 1. The maximum Gasteiger partial charge on any atom is 0.328 e. The van der Waals surface area contributed by atoms with Crippen molar-refractivity contribution in [1.29, 1.82) is 0 Å². The van der Waals surface area contributed by atoms with Crippen molar-refractivity contribution < 1.29 is 22.7 Å². The zero-order chi connectivity index (χ0) is 25.3. The van der Waals surface area contributed by atoms with Crippen LogP contribution in [0.25, 0.3) is 16.8 Å². The number of carbonyl (C=O) groups excluding carboxylic acids is 2. The molecule has 3 rings (SSSR count). The molecule has 1 fully saturated rings. The highest BCUT2D eigenvalue weighted by Gasteiger charge is 2.29. The fourth-order valence-electron chi connectivity index (χ4n) is 3.67. The minimum Gasteiger partial charge on any atom is -0.496 e. The molecule has 1 saturated heterocycles. The summed E-state index contributed by atoms with van der Waals surface area (Å²) in [6.45, 7) is 10.3. The highest BCUT2D eigenvalue weighted by Crippen LogP contribution is 2.43. The highest BCUT2D eigenvalue weighted by atomic mass is 32.2. The Morgan fingerprint density at radius 1 is 1.18 bits per heavy atom. The minimum absolute atomic E-state index is 0.215. The molecule has 0 bridgehead atoms. The standard InChI is InChI=1S/C24H30N4O5S/c1-15(26-27-34(6,31)32)16-8-7-9-17(12-16)19-13-18(28-11-10-21(29)25-23(28)30)14-20(22(19)33-5)24(2,3)4/h7-9,12-14,26-27H,1,10-11H2,2-6H3,(H,25,29,30). The Hall–Kier alpha value is -3.37. The maximum absolute atomic E-state index is 12.6. The number of amides is 3. The zero-order valence-electron chi connectivity index (χ0n) is 20.0. The van der Waals surface area contributed by atoms with Gasteiger partial charge in [0.05, 0.1) is 13.4 Å². The van der Waals surface area contributed by atoms with Gasteiger partial charge < -0.3 is 10.2 Å². The Bertz CT molecular complexity index is 1250. The topological polar surface area (TPSA) is 117 Å². The summed E-state index contributed by atoms with van der Waals surface area (Å²) in [6.07, 6.45) is 1.25. The van der Waals surface area contributed by atoms with Crippen molar-refractivity contribution >= 4 is 33.3 Å². The quantitative estimate of drug-likeness (QED) is 0.518.